The third kappa shape index (κ3) is 4.25. The molecular formula is C48H30N2O. The molecule has 2 heterocycles. The summed E-state index contributed by atoms with van der Waals surface area (Å²) in [4.78, 5) is 2.37. The molecule has 0 aliphatic carbocycles. The Morgan fingerprint density at radius 1 is 0.353 bits per heavy atom. The van der Waals surface area contributed by atoms with E-state index in [2.05, 4.69) is 191 Å². The minimum absolute atomic E-state index is 0.836. The number of anilines is 3. The van der Waals surface area contributed by atoms with Gasteiger partial charge in [0.05, 0.1) is 22.4 Å². The topological polar surface area (TPSA) is 17.4 Å². The lowest BCUT2D eigenvalue weighted by atomic mass is 9.98. The van der Waals surface area contributed by atoms with Gasteiger partial charge in [0, 0.05) is 27.5 Å². The molecule has 9 aromatic carbocycles. The van der Waals surface area contributed by atoms with Crippen molar-refractivity contribution in [2.45, 2.75) is 0 Å². The minimum Gasteiger partial charge on any atom is -0.452 e. The van der Waals surface area contributed by atoms with Gasteiger partial charge in [-0.25, -0.2) is 0 Å². The van der Waals surface area contributed by atoms with Crippen molar-refractivity contribution in [1.29, 1.82) is 0 Å². The second-order valence-electron chi connectivity index (χ2n) is 13.4. The molecule has 1 aliphatic heterocycles. The van der Waals surface area contributed by atoms with E-state index in [-0.39, 0.29) is 0 Å². The standard InChI is InChI=1S/C48H30N2O/c1-2-12-36(13-3-1)49-43-17-9-8-16-41(43)42-29-33(21-25-44(42)49)34-22-27-47-46(30-34)50(45-26-20-32-11-5-7-15-40(32)48(45)51-47)37-23-24-39-35(28-37)19-18-31-10-4-6-14-38(31)39/h1-30H. The van der Waals surface area contributed by atoms with Crippen LogP contribution in [-0.4, -0.2) is 4.57 Å². The molecule has 51 heavy (non-hydrogen) atoms. The van der Waals surface area contributed by atoms with Gasteiger partial charge in [-0.1, -0.05) is 121 Å². The minimum atomic E-state index is 0.836. The Morgan fingerprint density at radius 2 is 1.00 bits per heavy atom. The first kappa shape index (κ1) is 28.0. The Hall–Kier alpha value is -6.84. The predicted molar refractivity (Wildman–Crippen MR) is 213 cm³/mol. The molecule has 0 saturated heterocycles. The highest BCUT2D eigenvalue weighted by molar-refractivity contribution is 6.11. The number of para-hydroxylation sites is 2. The van der Waals surface area contributed by atoms with Gasteiger partial charge in [0.2, 0.25) is 0 Å². The SMILES string of the molecule is c1ccc(-n2c3ccccc3c3cc(-c4ccc5c(c4)N(c4ccc6c(ccc7ccccc76)c4)c4ccc6ccccc6c4O5)ccc32)cc1. The van der Waals surface area contributed by atoms with Gasteiger partial charge in [-0.05, 0) is 98.7 Å². The molecule has 238 valence electrons. The van der Waals surface area contributed by atoms with Crippen molar-refractivity contribution >= 4 is 71.2 Å². The summed E-state index contributed by atoms with van der Waals surface area (Å²) in [7, 11) is 0. The predicted octanol–water partition coefficient (Wildman–Crippen LogP) is 13.5. The number of nitrogens with zero attached hydrogens (tertiary/aromatic N) is 2. The van der Waals surface area contributed by atoms with Crippen molar-refractivity contribution in [1.82, 2.24) is 4.57 Å². The van der Waals surface area contributed by atoms with Crippen molar-refractivity contribution in [3.8, 4) is 28.3 Å². The largest absolute Gasteiger partial charge is 0.452 e. The summed E-state index contributed by atoms with van der Waals surface area (Å²) in [6.07, 6.45) is 0. The molecule has 3 heteroatoms. The number of benzene rings is 9. The van der Waals surface area contributed by atoms with E-state index >= 15 is 0 Å². The van der Waals surface area contributed by atoms with E-state index in [1.165, 1.54) is 43.4 Å². The zero-order valence-corrected chi connectivity index (χ0v) is 27.6. The van der Waals surface area contributed by atoms with E-state index in [4.69, 9.17) is 4.74 Å². The highest BCUT2D eigenvalue weighted by atomic mass is 16.5. The summed E-state index contributed by atoms with van der Waals surface area (Å²) in [6, 6.07) is 65.5. The average molecular weight is 651 g/mol. The van der Waals surface area contributed by atoms with E-state index in [9.17, 15) is 0 Å². The number of fused-ring (bicyclic) bond motifs is 10. The van der Waals surface area contributed by atoms with Gasteiger partial charge in [-0.15, -0.1) is 0 Å². The second kappa shape index (κ2) is 10.8. The fraction of sp³-hybridized carbons (Fsp3) is 0. The van der Waals surface area contributed by atoms with E-state index in [0.29, 0.717) is 0 Å². The molecular weight excluding hydrogens is 621 g/mol. The third-order valence-corrected chi connectivity index (χ3v) is 10.5. The third-order valence-electron chi connectivity index (χ3n) is 10.5. The summed E-state index contributed by atoms with van der Waals surface area (Å²) in [5.74, 6) is 1.71. The fourth-order valence-electron chi connectivity index (χ4n) is 8.14. The van der Waals surface area contributed by atoms with Crippen LogP contribution in [0, 0.1) is 0 Å². The first-order valence-corrected chi connectivity index (χ1v) is 17.4. The van der Waals surface area contributed by atoms with Gasteiger partial charge < -0.3 is 14.2 Å². The quantitative estimate of drug-likeness (QED) is 0.177. The summed E-state index contributed by atoms with van der Waals surface area (Å²) >= 11 is 0. The zero-order valence-electron chi connectivity index (χ0n) is 27.6. The molecule has 0 saturated carbocycles. The summed E-state index contributed by atoms with van der Waals surface area (Å²) in [5, 5.41) is 9.70. The Bertz CT molecular complexity index is 3010. The maximum absolute atomic E-state index is 6.81. The lowest BCUT2D eigenvalue weighted by Crippen LogP contribution is -2.16. The molecule has 0 radical (unpaired) electrons. The molecule has 0 unspecified atom stereocenters. The second-order valence-corrected chi connectivity index (χ2v) is 13.4. The Balaban J connectivity index is 1.11. The van der Waals surface area contributed by atoms with E-state index < -0.39 is 0 Å². The average Bonchev–Trinajstić information content (AvgIpc) is 3.53. The van der Waals surface area contributed by atoms with Gasteiger partial charge in [0.15, 0.2) is 11.5 Å². The molecule has 1 aliphatic rings. The van der Waals surface area contributed by atoms with E-state index in [1.54, 1.807) is 0 Å². The molecule has 10 aromatic rings. The van der Waals surface area contributed by atoms with Crippen LogP contribution >= 0.6 is 0 Å². The highest BCUT2D eigenvalue weighted by Gasteiger charge is 2.28. The maximum Gasteiger partial charge on any atom is 0.159 e. The van der Waals surface area contributed by atoms with Crippen LogP contribution in [0.2, 0.25) is 0 Å². The molecule has 11 rings (SSSR count). The van der Waals surface area contributed by atoms with Crippen molar-refractivity contribution < 1.29 is 4.74 Å². The zero-order chi connectivity index (χ0) is 33.5. The molecule has 1 aromatic heterocycles. The van der Waals surface area contributed by atoms with Crippen molar-refractivity contribution in [3.63, 3.8) is 0 Å². The van der Waals surface area contributed by atoms with Crippen LogP contribution in [0.1, 0.15) is 0 Å². The van der Waals surface area contributed by atoms with Gasteiger partial charge in [-0.3, -0.25) is 0 Å². The number of hydrogen-bond acceptors (Lipinski definition) is 2. The molecule has 0 atom stereocenters. The van der Waals surface area contributed by atoms with E-state index in [1.807, 2.05) is 0 Å². The van der Waals surface area contributed by atoms with Gasteiger partial charge in [-0.2, -0.15) is 0 Å². The number of hydrogen-bond donors (Lipinski definition) is 0. The maximum atomic E-state index is 6.81. The normalized spacial score (nSPS) is 12.4. The van der Waals surface area contributed by atoms with Crippen LogP contribution < -0.4 is 9.64 Å². The Kier molecular flexibility index (Phi) is 5.96. The van der Waals surface area contributed by atoms with Gasteiger partial charge in [0.25, 0.3) is 0 Å². The van der Waals surface area contributed by atoms with Crippen molar-refractivity contribution in [2.24, 2.45) is 0 Å². The van der Waals surface area contributed by atoms with E-state index in [0.717, 1.165) is 56.1 Å². The smallest absolute Gasteiger partial charge is 0.159 e. The highest BCUT2D eigenvalue weighted by Crippen LogP contribution is 2.54. The molecule has 0 N–H and O–H groups in total. The first-order valence-electron chi connectivity index (χ1n) is 17.4. The lowest BCUT2D eigenvalue weighted by Gasteiger charge is -2.34. The van der Waals surface area contributed by atoms with Crippen LogP contribution in [0.25, 0.3) is 70.9 Å². The molecule has 0 amide bonds. The fourth-order valence-corrected chi connectivity index (χ4v) is 8.14. The van der Waals surface area contributed by atoms with Crippen LogP contribution in [0.4, 0.5) is 17.1 Å². The Labute approximate surface area is 294 Å². The van der Waals surface area contributed by atoms with Crippen LogP contribution in [0.15, 0.2) is 182 Å². The monoisotopic (exact) mass is 650 g/mol. The van der Waals surface area contributed by atoms with Gasteiger partial charge >= 0.3 is 0 Å². The molecule has 0 spiro atoms. The lowest BCUT2D eigenvalue weighted by molar-refractivity contribution is 0.482. The van der Waals surface area contributed by atoms with Crippen LogP contribution in [-0.2, 0) is 0 Å². The van der Waals surface area contributed by atoms with Crippen LogP contribution in [0.3, 0.4) is 0 Å². The summed E-state index contributed by atoms with van der Waals surface area (Å²) in [6.45, 7) is 0. The number of aromatic nitrogens is 1. The van der Waals surface area contributed by atoms with Gasteiger partial charge in [0.1, 0.15) is 0 Å². The molecule has 0 fully saturated rings. The number of ether oxygens (including phenoxy) is 1. The number of rotatable bonds is 3. The first-order chi connectivity index (χ1) is 25.3. The summed E-state index contributed by atoms with van der Waals surface area (Å²) < 4.78 is 9.18. The molecule has 3 nitrogen and oxygen atoms in total. The Morgan fingerprint density at radius 3 is 1.88 bits per heavy atom. The molecule has 0 bridgehead atoms. The van der Waals surface area contributed by atoms with Crippen molar-refractivity contribution in [2.75, 3.05) is 4.90 Å². The van der Waals surface area contributed by atoms with Crippen molar-refractivity contribution in [3.05, 3.63) is 182 Å². The summed E-state index contributed by atoms with van der Waals surface area (Å²) in [5.41, 5.74) is 8.99. The van der Waals surface area contributed by atoms with Crippen LogP contribution in [0.5, 0.6) is 11.5 Å².